The van der Waals surface area contributed by atoms with Gasteiger partial charge < -0.3 is 15.4 Å². The number of rotatable bonds is 6. The topological polar surface area (TPSA) is 46.2 Å². The second kappa shape index (κ2) is 6.34. The minimum atomic E-state index is 0.692. The summed E-state index contributed by atoms with van der Waals surface area (Å²) in [6.07, 6.45) is 1.81. The van der Waals surface area contributed by atoms with Gasteiger partial charge in [0, 0.05) is 26.4 Å². The van der Waals surface area contributed by atoms with E-state index in [1.807, 2.05) is 25.4 Å². The summed E-state index contributed by atoms with van der Waals surface area (Å²) in [5.74, 6) is 0.898. The smallest absolute Gasteiger partial charge is 0.126 e. The van der Waals surface area contributed by atoms with Crippen molar-refractivity contribution < 1.29 is 4.74 Å². The van der Waals surface area contributed by atoms with Gasteiger partial charge in [-0.05, 0) is 24.7 Å². The molecule has 4 nitrogen and oxygen atoms in total. The summed E-state index contributed by atoms with van der Waals surface area (Å²) in [6, 6.07) is 4.03. The van der Waals surface area contributed by atoms with Crippen molar-refractivity contribution in [2.75, 3.05) is 32.6 Å². The Labute approximate surface area is 84.7 Å². The normalized spacial score (nSPS) is 10.1. The Kier molecular flexibility index (Phi) is 4.96. The molecule has 0 radical (unpaired) electrons. The fourth-order valence-electron chi connectivity index (χ4n) is 1.17. The lowest BCUT2D eigenvalue weighted by Crippen LogP contribution is -2.10. The molecule has 2 N–H and O–H groups in total. The maximum Gasteiger partial charge on any atom is 0.126 e. The van der Waals surface area contributed by atoms with Crippen molar-refractivity contribution in [2.24, 2.45) is 0 Å². The number of pyridine rings is 1. The predicted octanol–water partition coefficient (Wildman–Crippen LogP) is 0.859. The molecule has 1 rings (SSSR count). The second-order valence-corrected chi connectivity index (χ2v) is 3.00. The average Bonchev–Trinajstić information content (AvgIpc) is 2.19. The van der Waals surface area contributed by atoms with Crippen LogP contribution >= 0.6 is 0 Å². The molecule has 0 atom stereocenters. The van der Waals surface area contributed by atoms with E-state index in [1.54, 1.807) is 7.11 Å². The van der Waals surface area contributed by atoms with Crippen molar-refractivity contribution in [3.05, 3.63) is 23.9 Å². The number of hydrogen-bond donors (Lipinski definition) is 2. The highest BCUT2D eigenvalue weighted by atomic mass is 16.5. The first-order valence-electron chi connectivity index (χ1n) is 4.69. The van der Waals surface area contributed by atoms with Gasteiger partial charge in [-0.15, -0.1) is 0 Å². The van der Waals surface area contributed by atoms with Crippen LogP contribution in [0.1, 0.15) is 5.56 Å². The molecule has 0 aliphatic heterocycles. The van der Waals surface area contributed by atoms with Crippen LogP contribution in [-0.2, 0) is 11.3 Å². The molecular formula is C10H17N3O. The van der Waals surface area contributed by atoms with Gasteiger partial charge >= 0.3 is 0 Å². The van der Waals surface area contributed by atoms with Crippen molar-refractivity contribution >= 4 is 5.82 Å². The summed E-state index contributed by atoms with van der Waals surface area (Å²) in [7, 11) is 3.62. The van der Waals surface area contributed by atoms with Crippen LogP contribution < -0.4 is 10.6 Å². The number of nitrogens with one attached hydrogen (secondary N) is 2. The van der Waals surface area contributed by atoms with Crippen LogP contribution in [0.15, 0.2) is 18.3 Å². The number of methoxy groups -OCH3 is 1. The van der Waals surface area contributed by atoms with Crippen LogP contribution in [0.5, 0.6) is 0 Å². The molecule has 0 aromatic carbocycles. The number of aromatic nitrogens is 1. The first-order chi connectivity index (χ1) is 6.86. The van der Waals surface area contributed by atoms with Gasteiger partial charge in [-0.2, -0.15) is 0 Å². The first kappa shape index (κ1) is 10.9. The SMILES string of the molecule is CNCc1ccnc(NCCOC)c1. The fraction of sp³-hybridized carbons (Fsp3) is 0.500. The van der Waals surface area contributed by atoms with Crippen LogP contribution in [0.3, 0.4) is 0 Å². The predicted molar refractivity (Wildman–Crippen MR) is 57.4 cm³/mol. The summed E-state index contributed by atoms with van der Waals surface area (Å²) in [5.41, 5.74) is 1.22. The molecule has 1 aromatic heterocycles. The Balaban J connectivity index is 2.46. The molecule has 0 bridgehead atoms. The van der Waals surface area contributed by atoms with E-state index >= 15 is 0 Å². The highest BCUT2D eigenvalue weighted by molar-refractivity contribution is 5.37. The van der Waals surface area contributed by atoms with Gasteiger partial charge in [0.05, 0.1) is 6.61 Å². The zero-order valence-corrected chi connectivity index (χ0v) is 8.71. The third-order valence-electron chi connectivity index (χ3n) is 1.82. The third-order valence-corrected chi connectivity index (χ3v) is 1.82. The Morgan fingerprint density at radius 2 is 2.36 bits per heavy atom. The van der Waals surface area contributed by atoms with Crippen molar-refractivity contribution in [3.8, 4) is 0 Å². The largest absolute Gasteiger partial charge is 0.383 e. The summed E-state index contributed by atoms with van der Waals surface area (Å²) in [6.45, 7) is 2.34. The molecule has 1 aromatic rings. The van der Waals surface area contributed by atoms with E-state index in [4.69, 9.17) is 4.74 Å². The first-order valence-corrected chi connectivity index (χ1v) is 4.69. The average molecular weight is 195 g/mol. The standard InChI is InChI=1S/C10H17N3O/c1-11-8-9-3-4-12-10(7-9)13-5-6-14-2/h3-4,7,11H,5-6,8H2,1-2H3,(H,12,13). The van der Waals surface area contributed by atoms with E-state index in [-0.39, 0.29) is 0 Å². The summed E-state index contributed by atoms with van der Waals surface area (Å²) < 4.78 is 4.94. The van der Waals surface area contributed by atoms with Gasteiger partial charge in [0.15, 0.2) is 0 Å². The van der Waals surface area contributed by atoms with E-state index in [0.29, 0.717) is 6.61 Å². The van der Waals surface area contributed by atoms with Crippen molar-refractivity contribution in [3.63, 3.8) is 0 Å². The molecule has 0 fully saturated rings. The Bertz CT molecular complexity index is 265. The molecule has 4 heteroatoms. The zero-order chi connectivity index (χ0) is 10.2. The van der Waals surface area contributed by atoms with Crippen molar-refractivity contribution in [1.29, 1.82) is 0 Å². The van der Waals surface area contributed by atoms with Gasteiger partial charge in [0.2, 0.25) is 0 Å². The van der Waals surface area contributed by atoms with Gasteiger partial charge in [0.25, 0.3) is 0 Å². The van der Waals surface area contributed by atoms with Crippen LogP contribution in [0.25, 0.3) is 0 Å². The zero-order valence-electron chi connectivity index (χ0n) is 8.71. The van der Waals surface area contributed by atoms with E-state index in [0.717, 1.165) is 18.9 Å². The monoisotopic (exact) mass is 195 g/mol. The van der Waals surface area contributed by atoms with Crippen LogP contribution in [0.2, 0.25) is 0 Å². The van der Waals surface area contributed by atoms with Gasteiger partial charge in [-0.25, -0.2) is 4.98 Å². The van der Waals surface area contributed by atoms with E-state index in [1.165, 1.54) is 5.56 Å². The maximum absolute atomic E-state index is 4.94. The third kappa shape index (κ3) is 3.72. The van der Waals surface area contributed by atoms with Crippen LogP contribution in [0.4, 0.5) is 5.82 Å². The lowest BCUT2D eigenvalue weighted by Gasteiger charge is -2.06. The molecule has 0 amide bonds. The highest BCUT2D eigenvalue weighted by Gasteiger charge is 1.95. The number of anilines is 1. The molecule has 0 saturated carbocycles. The molecule has 78 valence electrons. The van der Waals surface area contributed by atoms with Gasteiger partial charge in [-0.1, -0.05) is 0 Å². The minimum absolute atomic E-state index is 0.692. The quantitative estimate of drug-likeness (QED) is 0.661. The van der Waals surface area contributed by atoms with E-state index < -0.39 is 0 Å². The highest BCUT2D eigenvalue weighted by Crippen LogP contribution is 2.05. The van der Waals surface area contributed by atoms with E-state index in [2.05, 4.69) is 15.6 Å². The second-order valence-electron chi connectivity index (χ2n) is 3.00. The molecule has 14 heavy (non-hydrogen) atoms. The number of nitrogens with zero attached hydrogens (tertiary/aromatic N) is 1. The molecule has 0 aliphatic carbocycles. The maximum atomic E-state index is 4.94. The lowest BCUT2D eigenvalue weighted by atomic mass is 10.2. The lowest BCUT2D eigenvalue weighted by molar-refractivity contribution is 0.210. The molecule has 0 spiro atoms. The number of ether oxygens (including phenoxy) is 1. The van der Waals surface area contributed by atoms with Crippen molar-refractivity contribution in [2.45, 2.75) is 6.54 Å². The summed E-state index contributed by atoms with van der Waals surface area (Å²) in [5, 5.41) is 6.28. The van der Waals surface area contributed by atoms with Gasteiger partial charge in [-0.3, -0.25) is 0 Å². The molecule has 0 unspecified atom stereocenters. The Morgan fingerprint density at radius 3 is 3.07 bits per heavy atom. The van der Waals surface area contributed by atoms with E-state index in [9.17, 15) is 0 Å². The molecule has 1 heterocycles. The summed E-state index contributed by atoms with van der Waals surface area (Å²) in [4.78, 5) is 4.20. The van der Waals surface area contributed by atoms with Crippen LogP contribution in [0, 0.1) is 0 Å². The minimum Gasteiger partial charge on any atom is -0.383 e. The summed E-state index contributed by atoms with van der Waals surface area (Å²) >= 11 is 0. The van der Waals surface area contributed by atoms with Crippen molar-refractivity contribution in [1.82, 2.24) is 10.3 Å². The Morgan fingerprint density at radius 1 is 1.50 bits per heavy atom. The van der Waals surface area contributed by atoms with Crippen LogP contribution in [-0.4, -0.2) is 32.3 Å². The molecule has 0 saturated heterocycles. The fourth-order valence-corrected chi connectivity index (χ4v) is 1.17. The van der Waals surface area contributed by atoms with Gasteiger partial charge in [0.1, 0.15) is 5.82 Å². The molecular weight excluding hydrogens is 178 g/mol. The molecule has 0 aliphatic rings. The Hall–Kier alpha value is -1.13. The number of hydrogen-bond acceptors (Lipinski definition) is 4.